The molecule has 154 valence electrons. The number of nitrogens with one attached hydrogen (secondary N) is 2. The number of hydrogen-bond donors (Lipinski definition) is 2. The largest absolute Gasteiger partial charge is 0.346 e. The van der Waals surface area contributed by atoms with Gasteiger partial charge in [-0.15, -0.1) is 0 Å². The number of benzene rings is 2. The van der Waals surface area contributed by atoms with E-state index in [1.807, 2.05) is 0 Å². The molecule has 29 heavy (non-hydrogen) atoms. The number of amides is 2. The molecule has 0 spiro atoms. The van der Waals surface area contributed by atoms with Crippen molar-refractivity contribution in [2.45, 2.75) is 23.8 Å². The van der Waals surface area contributed by atoms with Gasteiger partial charge in [-0.2, -0.15) is 4.31 Å². The summed E-state index contributed by atoms with van der Waals surface area (Å²) in [6.45, 7) is 0.245. The molecule has 1 saturated heterocycles. The van der Waals surface area contributed by atoms with Gasteiger partial charge in [-0.3, -0.25) is 9.59 Å². The highest BCUT2D eigenvalue weighted by molar-refractivity contribution is 7.89. The average Bonchev–Trinajstić information content (AvgIpc) is 3.18. The summed E-state index contributed by atoms with van der Waals surface area (Å²) in [5.41, 5.74) is -0.333. The van der Waals surface area contributed by atoms with Crippen molar-refractivity contribution in [1.29, 1.82) is 0 Å². The van der Waals surface area contributed by atoms with Crippen LogP contribution in [0, 0.1) is 11.6 Å². The van der Waals surface area contributed by atoms with Crippen molar-refractivity contribution in [2.75, 3.05) is 18.4 Å². The van der Waals surface area contributed by atoms with E-state index in [1.165, 1.54) is 16.4 Å². The summed E-state index contributed by atoms with van der Waals surface area (Å²) >= 11 is 0. The molecular weight excluding hydrogens is 404 g/mol. The highest BCUT2D eigenvalue weighted by Gasteiger charge is 2.35. The van der Waals surface area contributed by atoms with Gasteiger partial charge in [0, 0.05) is 25.2 Å². The fraction of sp³-hybridized carbons (Fsp3) is 0.263. The van der Waals surface area contributed by atoms with Crippen molar-refractivity contribution in [3.05, 3.63) is 60.2 Å². The maximum atomic E-state index is 13.6. The Labute approximate surface area is 166 Å². The van der Waals surface area contributed by atoms with Gasteiger partial charge < -0.3 is 10.6 Å². The third-order valence-electron chi connectivity index (χ3n) is 4.56. The second kappa shape index (κ2) is 8.66. The van der Waals surface area contributed by atoms with E-state index in [0.717, 1.165) is 12.1 Å². The van der Waals surface area contributed by atoms with Crippen molar-refractivity contribution < 1.29 is 26.8 Å². The zero-order chi connectivity index (χ0) is 21.0. The van der Waals surface area contributed by atoms with Crippen molar-refractivity contribution in [2.24, 2.45) is 0 Å². The standard InChI is InChI=1S/C19H19F2N3O4S/c20-13-8-9-17(16(21)11-13)23-19(26)18(25)22-12-14-5-4-10-24(14)29(27,28)15-6-2-1-3-7-15/h1-3,6-9,11,14H,4-5,10,12H2,(H,22,25)(H,23,26)/t14-/m1/s1. The van der Waals surface area contributed by atoms with E-state index >= 15 is 0 Å². The van der Waals surface area contributed by atoms with Gasteiger partial charge in [0.2, 0.25) is 10.0 Å². The lowest BCUT2D eigenvalue weighted by Gasteiger charge is -2.24. The van der Waals surface area contributed by atoms with E-state index in [4.69, 9.17) is 0 Å². The number of hydrogen-bond acceptors (Lipinski definition) is 4. The summed E-state index contributed by atoms with van der Waals surface area (Å²) < 4.78 is 53.4. The second-order valence-corrected chi connectivity index (χ2v) is 8.40. The van der Waals surface area contributed by atoms with Crippen LogP contribution in [0.3, 0.4) is 0 Å². The first-order valence-corrected chi connectivity index (χ1v) is 10.3. The summed E-state index contributed by atoms with van der Waals surface area (Å²) in [6.07, 6.45) is 1.15. The molecule has 7 nitrogen and oxygen atoms in total. The molecule has 1 aliphatic rings. The molecule has 0 radical (unpaired) electrons. The number of halogens is 2. The van der Waals surface area contributed by atoms with E-state index in [1.54, 1.807) is 18.2 Å². The Hall–Kier alpha value is -2.85. The Morgan fingerprint density at radius 1 is 1.07 bits per heavy atom. The monoisotopic (exact) mass is 423 g/mol. The van der Waals surface area contributed by atoms with Crippen molar-refractivity contribution in [1.82, 2.24) is 9.62 Å². The van der Waals surface area contributed by atoms with Crippen LogP contribution in [0.25, 0.3) is 0 Å². The molecule has 2 amide bonds. The van der Waals surface area contributed by atoms with E-state index in [-0.39, 0.29) is 17.1 Å². The van der Waals surface area contributed by atoms with Gasteiger partial charge in [-0.1, -0.05) is 18.2 Å². The number of nitrogens with zero attached hydrogens (tertiary/aromatic N) is 1. The van der Waals surface area contributed by atoms with Crippen molar-refractivity contribution in [3.63, 3.8) is 0 Å². The Balaban J connectivity index is 1.61. The molecule has 3 rings (SSSR count). The molecule has 0 aliphatic carbocycles. The number of anilines is 1. The first kappa shape index (κ1) is 20.9. The lowest BCUT2D eigenvalue weighted by atomic mass is 10.2. The SMILES string of the molecule is O=C(NC[C@H]1CCCN1S(=O)(=O)c1ccccc1)C(=O)Nc1ccc(F)cc1F. The predicted molar refractivity (Wildman–Crippen MR) is 101 cm³/mol. The molecule has 1 atom stereocenters. The Morgan fingerprint density at radius 2 is 1.79 bits per heavy atom. The molecule has 1 heterocycles. The highest BCUT2D eigenvalue weighted by Crippen LogP contribution is 2.25. The van der Waals surface area contributed by atoms with Crippen LogP contribution in [-0.2, 0) is 19.6 Å². The minimum Gasteiger partial charge on any atom is -0.346 e. The Bertz CT molecular complexity index is 1020. The number of carbonyl (C=O) groups excluding carboxylic acids is 2. The van der Waals surface area contributed by atoms with Gasteiger partial charge >= 0.3 is 11.8 Å². The van der Waals surface area contributed by atoms with Crippen LogP contribution in [0.2, 0.25) is 0 Å². The molecule has 2 aromatic rings. The molecule has 2 N–H and O–H groups in total. The van der Waals surface area contributed by atoms with E-state index in [0.29, 0.717) is 25.5 Å². The minimum atomic E-state index is -3.72. The Kier molecular flexibility index (Phi) is 6.23. The summed E-state index contributed by atoms with van der Waals surface area (Å²) in [5, 5.41) is 4.43. The molecule has 0 saturated carbocycles. The fourth-order valence-electron chi connectivity index (χ4n) is 3.12. The molecule has 2 aromatic carbocycles. The third kappa shape index (κ3) is 4.77. The van der Waals surface area contributed by atoms with Crippen LogP contribution in [0.1, 0.15) is 12.8 Å². The maximum Gasteiger partial charge on any atom is 0.313 e. The fourth-order valence-corrected chi connectivity index (χ4v) is 4.83. The third-order valence-corrected chi connectivity index (χ3v) is 6.52. The van der Waals surface area contributed by atoms with Crippen molar-refractivity contribution in [3.8, 4) is 0 Å². The number of rotatable bonds is 5. The van der Waals surface area contributed by atoms with Gasteiger partial charge in [0.25, 0.3) is 0 Å². The zero-order valence-corrected chi connectivity index (χ0v) is 16.1. The topological polar surface area (TPSA) is 95.6 Å². The van der Waals surface area contributed by atoms with Gasteiger partial charge in [-0.05, 0) is 37.1 Å². The average molecular weight is 423 g/mol. The lowest BCUT2D eigenvalue weighted by Crippen LogP contribution is -2.45. The van der Waals surface area contributed by atoms with Crippen LogP contribution in [0.5, 0.6) is 0 Å². The van der Waals surface area contributed by atoms with Gasteiger partial charge in [0.05, 0.1) is 10.6 Å². The molecule has 0 aromatic heterocycles. The normalized spacial score (nSPS) is 17.1. The van der Waals surface area contributed by atoms with Crippen LogP contribution < -0.4 is 10.6 Å². The van der Waals surface area contributed by atoms with Crippen LogP contribution >= 0.6 is 0 Å². The van der Waals surface area contributed by atoms with Crippen LogP contribution in [0.15, 0.2) is 53.4 Å². The molecule has 1 fully saturated rings. The molecular formula is C19H19F2N3O4S. The van der Waals surface area contributed by atoms with E-state index < -0.39 is 39.5 Å². The zero-order valence-electron chi connectivity index (χ0n) is 15.3. The van der Waals surface area contributed by atoms with Crippen LogP contribution in [-0.4, -0.2) is 43.7 Å². The lowest BCUT2D eigenvalue weighted by molar-refractivity contribution is -0.136. The predicted octanol–water partition coefficient (Wildman–Crippen LogP) is 1.87. The molecule has 0 bridgehead atoms. The highest BCUT2D eigenvalue weighted by atomic mass is 32.2. The molecule has 10 heteroatoms. The van der Waals surface area contributed by atoms with Crippen molar-refractivity contribution >= 4 is 27.5 Å². The Morgan fingerprint density at radius 3 is 2.48 bits per heavy atom. The first-order valence-electron chi connectivity index (χ1n) is 8.90. The molecule has 0 unspecified atom stereocenters. The minimum absolute atomic E-state index is 0.0653. The number of carbonyl (C=O) groups is 2. The van der Waals surface area contributed by atoms with E-state index in [2.05, 4.69) is 10.6 Å². The van der Waals surface area contributed by atoms with Gasteiger partial charge in [-0.25, -0.2) is 17.2 Å². The van der Waals surface area contributed by atoms with E-state index in [9.17, 15) is 26.8 Å². The quantitative estimate of drug-likeness (QED) is 0.718. The maximum absolute atomic E-state index is 13.6. The van der Waals surface area contributed by atoms with Gasteiger partial charge in [0.1, 0.15) is 11.6 Å². The molecule has 1 aliphatic heterocycles. The van der Waals surface area contributed by atoms with Crippen LogP contribution in [0.4, 0.5) is 14.5 Å². The summed E-state index contributed by atoms with van der Waals surface area (Å²) in [7, 11) is -3.72. The first-order chi connectivity index (χ1) is 13.8. The smallest absolute Gasteiger partial charge is 0.313 e. The van der Waals surface area contributed by atoms with Gasteiger partial charge in [0.15, 0.2) is 0 Å². The number of sulfonamides is 1. The second-order valence-electron chi connectivity index (χ2n) is 6.51. The summed E-state index contributed by atoms with van der Waals surface area (Å²) in [6, 6.07) is 9.98. The summed E-state index contributed by atoms with van der Waals surface area (Å²) in [5.74, 6) is -4.00. The summed E-state index contributed by atoms with van der Waals surface area (Å²) in [4.78, 5) is 24.1.